The Morgan fingerprint density at radius 3 is 0.929 bits per heavy atom. The van der Waals surface area contributed by atoms with Gasteiger partial charge >= 0.3 is 0 Å². The van der Waals surface area contributed by atoms with Gasteiger partial charge in [0.15, 0.2) is 0 Å². The number of nitrogens with zero attached hydrogens (tertiary/aromatic N) is 2. The number of fused-ring (bicyclic) bond motifs is 6. The van der Waals surface area contributed by atoms with Crippen molar-refractivity contribution in [3.8, 4) is 44.5 Å². The zero-order valence-electron chi connectivity index (χ0n) is 38.1. The van der Waals surface area contributed by atoms with Gasteiger partial charge in [-0.25, -0.2) is 0 Å². The van der Waals surface area contributed by atoms with Gasteiger partial charge in [0.2, 0.25) is 0 Å². The average molecular weight is 929 g/mol. The van der Waals surface area contributed by atoms with Crippen molar-refractivity contribution >= 4 is 97.1 Å². The maximum atomic E-state index is 2.44. The summed E-state index contributed by atoms with van der Waals surface area (Å²) < 4.78 is 5.12. The zero-order chi connectivity index (χ0) is 46.4. The van der Waals surface area contributed by atoms with Crippen molar-refractivity contribution in [3.63, 3.8) is 0 Å². The molecule has 0 aliphatic carbocycles. The third kappa shape index (κ3) is 7.61. The highest BCUT2D eigenvalue weighted by Gasteiger charge is 2.23. The third-order valence-electron chi connectivity index (χ3n) is 13.5. The van der Waals surface area contributed by atoms with Gasteiger partial charge in [-0.2, -0.15) is 0 Å². The lowest BCUT2D eigenvalue weighted by atomic mass is 9.97. The largest absolute Gasteiger partial charge is 0.310 e. The second-order valence-corrected chi connectivity index (χ2v) is 19.8. The van der Waals surface area contributed by atoms with E-state index in [0.29, 0.717) is 0 Å². The molecule has 0 atom stereocenters. The summed E-state index contributed by atoms with van der Waals surface area (Å²) in [7, 11) is 0. The molecule has 0 amide bonds. The smallest absolute Gasteiger partial charge is 0.0540 e. The summed E-state index contributed by atoms with van der Waals surface area (Å²) in [6, 6.07) is 97.5. The quantitative estimate of drug-likeness (QED) is 0.135. The predicted octanol–water partition coefficient (Wildman–Crippen LogP) is 20.0. The van der Waals surface area contributed by atoms with E-state index in [9.17, 15) is 0 Å². The number of thiophene rings is 2. The van der Waals surface area contributed by atoms with Gasteiger partial charge in [0, 0.05) is 74.2 Å². The molecular weight excluding hydrogens is 885 g/mol. The lowest BCUT2D eigenvalue weighted by Gasteiger charge is -2.31. The van der Waals surface area contributed by atoms with Crippen LogP contribution in [0.4, 0.5) is 34.1 Å². The van der Waals surface area contributed by atoms with Crippen LogP contribution in [0.2, 0.25) is 0 Å². The Bertz CT molecular complexity index is 3990. The highest BCUT2D eigenvalue weighted by molar-refractivity contribution is 7.26. The van der Waals surface area contributed by atoms with E-state index in [0.717, 1.165) is 45.3 Å². The van der Waals surface area contributed by atoms with Gasteiger partial charge in [-0.15, -0.1) is 22.7 Å². The van der Waals surface area contributed by atoms with Gasteiger partial charge < -0.3 is 9.80 Å². The fourth-order valence-electron chi connectivity index (χ4n) is 10.1. The molecule has 11 aromatic carbocycles. The lowest BCUT2D eigenvalue weighted by molar-refractivity contribution is 1.27. The molecule has 2 nitrogen and oxygen atoms in total. The second kappa shape index (κ2) is 17.8. The van der Waals surface area contributed by atoms with Crippen LogP contribution in [0.25, 0.3) is 84.9 Å². The van der Waals surface area contributed by atoms with Crippen LogP contribution in [0.5, 0.6) is 0 Å². The van der Waals surface area contributed by atoms with E-state index >= 15 is 0 Å². The van der Waals surface area contributed by atoms with Crippen LogP contribution in [-0.2, 0) is 0 Å². The van der Waals surface area contributed by atoms with E-state index in [1.54, 1.807) is 0 Å². The number of para-hydroxylation sites is 2. The monoisotopic (exact) mass is 928 g/mol. The third-order valence-corrected chi connectivity index (χ3v) is 15.8. The summed E-state index contributed by atoms with van der Waals surface area (Å²) in [5.74, 6) is 0. The van der Waals surface area contributed by atoms with Crippen molar-refractivity contribution in [2.24, 2.45) is 0 Å². The Hall–Kier alpha value is -8.54. The maximum Gasteiger partial charge on any atom is 0.0540 e. The summed E-state index contributed by atoms with van der Waals surface area (Å²) in [6.45, 7) is 0. The standard InChI is InChI=1S/C66H44N2S2/c1-3-15-45(16-4-1)47-27-29-48(30-28-47)50-33-37-52(38-34-50)68(54-40-42-60-58-22-10-14-26-64(58)70-66(60)44-54)62-24-12-8-20-56(62)55-19-7-11-23-61(55)67(51-35-31-49(32-36-51)46-17-5-2-6-18-46)53-39-41-59-57-21-9-13-25-63(57)69-65(59)43-53/h1-44H. The molecule has 2 heterocycles. The summed E-state index contributed by atoms with van der Waals surface area (Å²) in [5.41, 5.74) is 16.0. The molecule has 13 rings (SSSR count). The molecule has 0 spiro atoms. The molecule has 0 bridgehead atoms. The molecule has 0 saturated carbocycles. The average Bonchev–Trinajstić information content (AvgIpc) is 4.00. The fraction of sp³-hybridized carbons (Fsp3) is 0. The molecule has 0 aliphatic heterocycles. The van der Waals surface area contributed by atoms with Gasteiger partial charge in [-0.05, 0) is 106 Å². The topological polar surface area (TPSA) is 6.48 Å². The molecule has 4 heteroatoms. The van der Waals surface area contributed by atoms with Gasteiger partial charge in [0.25, 0.3) is 0 Å². The molecule has 0 N–H and O–H groups in total. The van der Waals surface area contributed by atoms with Crippen molar-refractivity contribution in [2.75, 3.05) is 9.80 Å². The van der Waals surface area contributed by atoms with Crippen molar-refractivity contribution in [2.45, 2.75) is 0 Å². The van der Waals surface area contributed by atoms with Crippen LogP contribution < -0.4 is 9.80 Å². The molecule has 2 aromatic heterocycles. The SMILES string of the molecule is c1ccc(-c2ccc(-c3ccc(N(c4ccc5c(c4)sc4ccccc45)c4ccccc4-c4ccccc4N(c4ccc(-c5ccccc5)cc4)c4ccc5c(c4)sc4ccccc45)cc3)cc2)cc1. The molecule has 70 heavy (non-hydrogen) atoms. The van der Waals surface area contributed by atoms with Crippen molar-refractivity contribution in [3.05, 3.63) is 267 Å². The van der Waals surface area contributed by atoms with Crippen LogP contribution in [0.1, 0.15) is 0 Å². The Morgan fingerprint density at radius 1 is 0.214 bits per heavy atom. The molecule has 0 radical (unpaired) electrons. The minimum absolute atomic E-state index is 1.08. The predicted molar refractivity (Wildman–Crippen MR) is 303 cm³/mol. The van der Waals surface area contributed by atoms with E-state index in [1.165, 1.54) is 73.7 Å². The van der Waals surface area contributed by atoms with E-state index < -0.39 is 0 Å². The Kier molecular flexibility index (Phi) is 10.6. The van der Waals surface area contributed by atoms with Gasteiger partial charge in [-0.3, -0.25) is 0 Å². The highest BCUT2D eigenvalue weighted by Crippen LogP contribution is 2.49. The van der Waals surface area contributed by atoms with E-state index in [2.05, 4.69) is 277 Å². The summed E-state index contributed by atoms with van der Waals surface area (Å²) in [5, 5.41) is 5.15. The lowest BCUT2D eigenvalue weighted by Crippen LogP contribution is -2.13. The second-order valence-electron chi connectivity index (χ2n) is 17.7. The van der Waals surface area contributed by atoms with E-state index in [-0.39, 0.29) is 0 Å². The van der Waals surface area contributed by atoms with Crippen LogP contribution >= 0.6 is 22.7 Å². The first-order valence-corrected chi connectivity index (χ1v) is 25.4. The summed E-state index contributed by atoms with van der Waals surface area (Å²) in [6.07, 6.45) is 0. The summed E-state index contributed by atoms with van der Waals surface area (Å²) >= 11 is 3.71. The fourth-order valence-corrected chi connectivity index (χ4v) is 12.4. The molecular formula is C66H44N2S2. The number of rotatable bonds is 10. The van der Waals surface area contributed by atoms with Gasteiger partial charge in [0.1, 0.15) is 0 Å². The number of anilines is 6. The number of hydrogen-bond donors (Lipinski definition) is 0. The number of hydrogen-bond acceptors (Lipinski definition) is 4. The molecule has 0 unspecified atom stereocenters. The first-order chi connectivity index (χ1) is 34.7. The first kappa shape index (κ1) is 41.6. The molecule has 0 fully saturated rings. The highest BCUT2D eigenvalue weighted by atomic mass is 32.1. The summed E-state index contributed by atoms with van der Waals surface area (Å²) in [4.78, 5) is 4.89. The van der Waals surface area contributed by atoms with Crippen molar-refractivity contribution < 1.29 is 0 Å². The molecule has 330 valence electrons. The Morgan fingerprint density at radius 2 is 0.514 bits per heavy atom. The number of benzene rings is 11. The van der Waals surface area contributed by atoms with Crippen LogP contribution in [0.15, 0.2) is 267 Å². The van der Waals surface area contributed by atoms with Gasteiger partial charge in [-0.1, -0.05) is 194 Å². The van der Waals surface area contributed by atoms with Gasteiger partial charge in [0.05, 0.1) is 11.4 Å². The Balaban J connectivity index is 0.965. The normalized spacial score (nSPS) is 11.4. The van der Waals surface area contributed by atoms with E-state index in [1.807, 2.05) is 22.7 Å². The molecule has 0 aliphatic rings. The van der Waals surface area contributed by atoms with Crippen LogP contribution in [0.3, 0.4) is 0 Å². The Labute approximate surface area is 415 Å². The minimum atomic E-state index is 1.08. The van der Waals surface area contributed by atoms with E-state index in [4.69, 9.17) is 0 Å². The molecule has 0 saturated heterocycles. The van der Waals surface area contributed by atoms with Crippen LogP contribution in [0, 0.1) is 0 Å². The van der Waals surface area contributed by atoms with Crippen molar-refractivity contribution in [1.82, 2.24) is 0 Å². The zero-order valence-corrected chi connectivity index (χ0v) is 39.7. The van der Waals surface area contributed by atoms with Crippen LogP contribution in [-0.4, -0.2) is 0 Å². The maximum absolute atomic E-state index is 2.44. The van der Waals surface area contributed by atoms with Crippen molar-refractivity contribution in [1.29, 1.82) is 0 Å². The first-order valence-electron chi connectivity index (χ1n) is 23.7. The molecule has 13 aromatic rings. The minimum Gasteiger partial charge on any atom is -0.310 e.